The Bertz CT molecular complexity index is 652. The Labute approximate surface area is 154 Å². The molecule has 0 amide bonds. The lowest BCUT2D eigenvalue weighted by Gasteiger charge is -2.21. The largest absolute Gasteiger partial charge is 0.413 e. The minimum atomic E-state index is -1.09. The lowest BCUT2D eigenvalue weighted by Crippen LogP contribution is -2.28. The molecule has 1 rings (SSSR count). The zero-order chi connectivity index (χ0) is 19.7. The van der Waals surface area contributed by atoms with E-state index in [1.54, 1.807) is 0 Å². The van der Waals surface area contributed by atoms with Gasteiger partial charge in [-0.3, -0.25) is 14.9 Å². The number of carbonyl (C=O) groups is 2. The standard InChI is InChI=1S/C19H28N2O5/c1-5-9-20(10-6-2)11-8-16-12-15(7-3)13-17(21(24)25)18(16)26-19(23)14(4)22/h12-13H,5-11H2,1-4H3. The van der Waals surface area contributed by atoms with Gasteiger partial charge in [-0.1, -0.05) is 26.8 Å². The van der Waals surface area contributed by atoms with Crippen LogP contribution >= 0.6 is 0 Å². The van der Waals surface area contributed by atoms with Gasteiger partial charge in [0.15, 0.2) is 0 Å². The van der Waals surface area contributed by atoms with E-state index in [0.717, 1.165) is 38.4 Å². The summed E-state index contributed by atoms with van der Waals surface area (Å²) in [5.41, 5.74) is 1.11. The third kappa shape index (κ3) is 6.22. The smallest absolute Gasteiger partial charge is 0.379 e. The van der Waals surface area contributed by atoms with Gasteiger partial charge in [0.1, 0.15) is 0 Å². The molecule has 0 aliphatic carbocycles. The minimum Gasteiger partial charge on any atom is -0.413 e. The third-order valence-corrected chi connectivity index (χ3v) is 4.07. The maximum Gasteiger partial charge on any atom is 0.379 e. The summed E-state index contributed by atoms with van der Waals surface area (Å²) in [4.78, 5) is 36.1. The lowest BCUT2D eigenvalue weighted by molar-refractivity contribution is -0.385. The Morgan fingerprint density at radius 3 is 2.19 bits per heavy atom. The molecule has 7 nitrogen and oxygen atoms in total. The average Bonchev–Trinajstić information content (AvgIpc) is 2.60. The van der Waals surface area contributed by atoms with Gasteiger partial charge in [0.2, 0.25) is 11.5 Å². The number of carbonyl (C=O) groups excluding carboxylic acids is 2. The van der Waals surface area contributed by atoms with Crippen LogP contribution in [0.4, 0.5) is 5.69 Å². The molecule has 0 radical (unpaired) electrons. The average molecular weight is 364 g/mol. The molecule has 0 bridgehead atoms. The number of nitro benzene ring substituents is 1. The monoisotopic (exact) mass is 364 g/mol. The van der Waals surface area contributed by atoms with Crippen LogP contribution in [-0.4, -0.2) is 41.2 Å². The molecule has 0 aliphatic heterocycles. The number of esters is 1. The predicted molar refractivity (Wildman–Crippen MR) is 99.5 cm³/mol. The second-order valence-corrected chi connectivity index (χ2v) is 6.25. The summed E-state index contributed by atoms with van der Waals surface area (Å²) in [6.45, 7) is 9.77. The molecule has 0 saturated heterocycles. The zero-order valence-corrected chi connectivity index (χ0v) is 16.0. The molecular formula is C19H28N2O5. The van der Waals surface area contributed by atoms with Crippen LogP contribution < -0.4 is 4.74 Å². The van der Waals surface area contributed by atoms with Crippen LogP contribution in [0, 0.1) is 10.1 Å². The van der Waals surface area contributed by atoms with E-state index in [-0.39, 0.29) is 11.4 Å². The molecule has 1 aromatic carbocycles. The van der Waals surface area contributed by atoms with Gasteiger partial charge in [0.05, 0.1) is 4.92 Å². The van der Waals surface area contributed by atoms with Crippen LogP contribution in [0.25, 0.3) is 0 Å². The van der Waals surface area contributed by atoms with E-state index in [9.17, 15) is 19.7 Å². The second kappa shape index (κ2) is 10.7. The summed E-state index contributed by atoms with van der Waals surface area (Å²) < 4.78 is 5.10. The van der Waals surface area contributed by atoms with Crippen LogP contribution in [0.1, 0.15) is 51.7 Å². The van der Waals surface area contributed by atoms with Crippen LogP contribution in [0.3, 0.4) is 0 Å². The first-order valence-corrected chi connectivity index (χ1v) is 9.09. The van der Waals surface area contributed by atoms with Crippen molar-refractivity contribution in [2.45, 2.75) is 53.4 Å². The Balaban J connectivity index is 3.23. The van der Waals surface area contributed by atoms with Crippen molar-refractivity contribution >= 4 is 17.4 Å². The summed E-state index contributed by atoms with van der Waals surface area (Å²) in [7, 11) is 0. The number of hydrogen-bond donors (Lipinski definition) is 0. The Morgan fingerprint density at radius 2 is 1.73 bits per heavy atom. The molecule has 0 aliphatic rings. The fourth-order valence-electron chi connectivity index (χ4n) is 2.79. The molecule has 0 aromatic heterocycles. The highest BCUT2D eigenvalue weighted by molar-refractivity contribution is 6.33. The van der Waals surface area contributed by atoms with Crippen molar-refractivity contribution in [3.63, 3.8) is 0 Å². The Kier molecular flexibility index (Phi) is 8.92. The fraction of sp³-hybridized carbons (Fsp3) is 0.579. The van der Waals surface area contributed by atoms with E-state index in [1.807, 2.05) is 13.0 Å². The number of ether oxygens (including phenoxy) is 1. The molecule has 144 valence electrons. The Morgan fingerprint density at radius 1 is 1.12 bits per heavy atom. The van der Waals surface area contributed by atoms with Gasteiger partial charge in [-0.15, -0.1) is 0 Å². The fourth-order valence-corrected chi connectivity index (χ4v) is 2.79. The van der Waals surface area contributed by atoms with Crippen molar-refractivity contribution in [3.8, 4) is 5.75 Å². The molecule has 1 aromatic rings. The van der Waals surface area contributed by atoms with Crippen molar-refractivity contribution in [2.75, 3.05) is 19.6 Å². The summed E-state index contributed by atoms with van der Waals surface area (Å²) in [6, 6.07) is 3.23. The van der Waals surface area contributed by atoms with Crippen molar-refractivity contribution in [1.82, 2.24) is 4.90 Å². The quantitative estimate of drug-likeness (QED) is 0.197. The van der Waals surface area contributed by atoms with Crippen LogP contribution in [0.2, 0.25) is 0 Å². The van der Waals surface area contributed by atoms with E-state index in [2.05, 4.69) is 18.7 Å². The number of ketones is 1. The van der Waals surface area contributed by atoms with E-state index in [0.29, 0.717) is 24.9 Å². The summed E-state index contributed by atoms with van der Waals surface area (Å²) >= 11 is 0. The van der Waals surface area contributed by atoms with E-state index < -0.39 is 16.7 Å². The first-order chi connectivity index (χ1) is 12.3. The number of aryl methyl sites for hydroxylation is 1. The van der Waals surface area contributed by atoms with Crippen molar-refractivity contribution in [1.29, 1.82) is 0 Å². The molecule has 26 heavy (non-hydrogen) atoms. The zero-order valence-electron chi connectivity index (χ0n) is 16.0. The first-order valence-electron chi connectivity index (χ1n) is 9.09. The van der Waals surface area contributed by atoms with Crippen LogP contribution in [0.5, 0.6) is 5.75 Å². The van der Waals surface area contributed by atoms with Crippen molar-refractivity contribution < 1.29 is 19.2 Å². The number of rotatable bonds is 11. The maximum absolute atomic E-state index is 11.7. The number of Topliss-reactive ketones (excluding diaryl/α,β-unsaturated/α-hetero) is 1. The molecule has 0 fully saturated rings. The minimum absolute atomic E-state index is 0.111. The summed E-state index contributed by atoms with van der Waals surface area (Å²) in [6.07, 6.45) is 3.17. The summed E-state index contributed by atoms with van der Waals surface area (Å²) in [5, 5.41) is 11.5. The predicted octanol–water partition coefficient (Wildman–Crippen LogP) is 3.32. The SMILES string of the molecule is CCCN(CCC)CCc1cc(CC)cc([N+](=O)[O-])c1OC(=O)C(C)=O. The molecule has 0 N–H and O–H groups in total. The molecule has 7 heteroatoms. The topological polar surface area (TPSA) is 89.8 Å². The lowest BCUT2D eigenvalue weighted by atomic mass is 10.0. The van der Waals surface area contributed by atoms with Gasteiger partial charge in [0.25, 0.3) is 0 Å². The normalized spacial score (nSPS) is 10.8. The van der Waals surface area contributed by atoms with E-state index in [1.165, 1.54) is 6.07 Å². The molecule has 0 heterocycles. The number of nitro groups is 1. The highest BCUT2D eigenvalue weighted by atomic mass is 16.6. The molecule has 0 atom stereocenters. The van der Waals surface area contributed by atoms with Gasteiger partial charge in [-0.05, 0) is 44.3 Å². The van der Waals surface area contributed by atoms with E-state index >= 15 is 0 Å². The first kappa shape index (κ1) is 21.8. The highest BCUT2D eigenvalue weighted by Gasteiger charge is 2.25. The molecular weight excluding hydrogens is 336 g/mol. The third-order valence-electron chi connectivity index (χ3n) is 4.07. The van der Waals surface area contributed by atoms with Gasteiger partial charge in [-0.25, -0.2) is 4.79 Å². The molecule has 0 spiro atoms. The van der Waals surface area contributed by atoms with Crippen LogP contribution in [-0.2, 0) is 22.4 Å². The maximum atomic E-state index is 11.7. The van der Waals surface area contributed by atoms with Crippen LogP contribution in [0.15, 0.2) is 12.1 Å². The van der Waals surface area contributed by atoms with Gasteiger partial charge >= 0.3 is 11.7 Å². The van der Waals surface area contributed by atoms with Gasteiger partial charge in [-0.2, -0.15) is 0 Å². The molecule has 0 saturated carbocycles. The van der Waals surface area contributed by atoms with Gasteiger partial charge < -0.3 is 9.64 Å². The number of hydrogen-bond acceptors (Lipinski definition) is 6. The summed E-state index contributed by atoms with van der Waals surface area (Å²) in [5.74, 6) is -1.98. The van der Waals surface area contributed by atoms with E-state index in [4.69, 9.17) is 4.74 Å². The highest BCUT2D eigenvalue weighted by Crippen LogP contribution is 2.33. The number of benzene rings is 1. The van der Waals surface area contributed by atoms with Crippen molar-refractivity contribution in [2.24, 2.45) is 0 Å². The van der Waals surface area contributed by atoms with Gasteiger partial charge in [0, 0.05) is 25.1 Å². The Hall–Kier alpha value is -2.28. The second-order valence-electron chi connectivity index (χ2n) is 6.25. The van der Waals surface area contributed by atoms with Crippen molar-refractivity contribution in [3.05, 3.63) is 33.4 Å². The molecule has 0 unspecified atom stereocenters. The number of nitrogens with zero attached hydrogens (tertiary/aromatic N) is 2.